The number of hydrogen-bond acceptors (Lipinski definition) is 6. The SMILES string of the molecule is O=C(NCCn1nc(-n2cccn2)ccc1=O)c1cc(-c2ccccc2)on1. The summed E-state index contributed by atoms with van der Waals surface area (Å²) >= 11 is 0. The molecule has 0 aliphatic rings. The highest BCUT2D eigenvalue weighted by Gasteiger charge is 2.13. The Morgan fingerprint density at radius 2 is 1.96 bits per heavy atom. The maximum atomic E-state index is 12.3. The minimum absolute atomic E-state index is 0.171. The Morgan fingerprint density at radius 1 is 1.11 bits per heavy atom. The first-order valence-electron chi connectivity index (χ1n) is 8.59. The quantitative estimate of drug-likeness (QED) is 0.547. The molecule has 0 saturated heterocycles. The van der Waals surface area contributed by atoms with E-state index in [1.807, 2.05) is 30.3 Å². The number of amides is 1. The molecule has 1 aromatic carbocycles. The lowest BCUT2D eigenvalue weighted by Gasteiger charge is -2.07. The predicted octanol–water partition coefficient (Wildman–Crippen LogP) is 1.51. The van der Waals surface area contributed by atoms with Crippen LogP contribution in [0.1, 0.15) is 10.5 Å². The third-order valence-electron chi connectivity index (χ3n) is 4.00. The fourth-order valence-corrected chi connectivity index (χ4v) is 2.61. The number of aromatic nitrogens is 5. The summed E-state index contributed by atoms with van der Waals surface area (Å²) in [6, 6.07) is 15.7. The van der Waals surface area contributed by atoms with Crippen LogP contribution in [0, 0.1) is 0 Å². The first-order valence-corrected chi connectivity index (χ1v) is 8.59. The average Bonchev–Trinajstić information content (AvgIpc) is 3.42. The van der Waals surface area contributed by atoms with Crippen molar-refractivity contribution in [2.24, 2.45) is 0 Å². The van der Waals surface area contributed by atoms with Gasteiger partial charge in [-0.25, -0.2) is 9.36 Å². The molecule has 9 heteroatoms. The van der Waals surface area contributed by atoms with E-state index in [9.17, 15) is 9.59 Å². The molecule has 0 bridgehead atoms. The first-order chi connectivity index (χ1) is 13.7. The van der Waals surface area contributed by atoms with Gasteiger partial charge in [0.05, 0.1) is 6.54 Å². The predicted molar refractivity (Wildman–Crippen MR) is 99.9 cm³/mol. The highest BCUT2D eigenvalue weighted by atomic mass is 16.5. The summed E-state index contributed by atoms with van der Waals surface area (Å²) < 4.78 is 8.05. The van der Waals surface area contributed by atoms with Crippen molar-refractivity contribution < 1.29 is 9.32 Å². The van der Waals surface area contributed by atoms with Gasteiger partial charge in [0.2, 0.25) is 0 Å². The molecule has 0 fully saturated rings. The number of hydrogen-bond donors (Lipinski definition) is 1. The van der Waals surface area contributed by atoms with Crippen LogP contribution in [0.3, 0.4) is 0 Å². The summed E-state index contributed by atoms with van der Waals surface area (Å²) in [5.74, 6) is 0.637. The van der Waals surface area contributed by atoms with Crippen LogP contribution in [0.15, 0.2) is 76.3 Å². The normalized spacial score (nSPS) is 10.7. The average molecular weight is 376 g/mol. The molecular formula is C19H16N6O3. The fraction of sp³-hybridized carbons (Fsp3) is 0.105. The van der Waals surface area contributed by atoms with Crippen LogP contribution in [0.25, 0.3) is 17.1 Å². The maximum absolute atomic E-state index is 12.3. The van der Waals surface area contributed by atoms with Gasteiger partial charge in [-0.2, -0.15) is 5.10 Å². The van der Waals surface area contributed by atoms with Gasteiger partial charge in [0.15, 0.2) is 17.3 Å². The largest absolute Gasteiger partial charge is 0.355 e. The smallest absolute Gasteiger partial charge is 0.273 e. The molecule has 4 aromatic rings. The van der Waals surface area contributed by atoms with Crippen LogP contribution in [0.5, 0.6) is 0 Å². The molecule has 0 saturated carbocycles. The van der Waals surface area contributed by atoms with E-state index >= 15 is 0 Å². The van der Waals surface area contributed by atoms with Crippen LogP contribution >= 0.6 is 0 Å². The molecule has 3 aromatic heterocycles. The molecule has 4 rings (SSSR count). The molecule has 1 N–H and O–H groups in total. The highest BCUT2D eigenvalue weighted by Crippen LogP contribution is 2.19. The van der Waals surface area contributed by atoms with E-state index in [-0.39, 0.29) is 30.2 Å². The molecule has 1 amide bonds. The van der Waals surface area contributed by atoms with Gasteiger partial charge >= 0.3 is 0 Å². The highest BCUT2D eigenvalue weighted by molar-refractivity contribution is 5.93. The first kappa shape index (κ1) is 17.4. The lowest BCUT2D eigenvalue weighted by atomic mass is 10.1. The Bertz CT molecular complexity index is 1130. The number of rotatable bonds is 6. The van der Waals surface area contributed by atoms with E-state index in [1.54, 1.807) is 35.3 Å². The molecule has 3 heterocycles. The van der Waals surface area contributed by atoms with Crippen molar-refractivity contribution in [2.45, 2.75) is 6.54 Å². The van der Waals surface area contributed by atoms with E-state index in [0.717, 1.165) is 5.56 Å². The van der Waals surface area contributed by atoms with Crippen molar-refractivity contribution in [2.75, 3.05) is 6.54 Å². The van der Waals surface area contributed by atoms with Gasteiger partial charge in [-0.05, 0) is 12.1 Å². The van der Waals surface area contributed by atoms with Crippen molar-refractivity contribution >= 4 is 5.91 Å². The minimum atomic E-state index is -0.387. The number of benzene rings is 1. The van der Waals surface area contributed by atoms with Crippen molar-refractivity contribution in [1.29, 1.82) is 0 Å². The molecule has 0 radical (unpaired) electrons. The second kappa shape index (κ2) is 7.70. The number of nitrogens with one attached hydrogen (secondary N) is 1. The van der Waals surface area contributed by atoms with E-state index in [4.69, 9.17) is 4.52 Å². The van der Waals surface area contributed by atoms with E-state index in [1.165, 1.54) is 10.7 Å². The van der Waals surface area contributed by atoms with Crippen LogP contribution < -0.4 is 10.9 Å². The van der Waals surface area contributed by atoms with Gasteiger partial charge in [-0.1, -0.05) is 35.5 Å². The number of nitrogens with zero attached hydrogens (tertiary/aromatic N) is 5. The molecule has 140 valence electrons. The summed E-state index contributed by atoms with van der Waals surface area (Å²) in [6.07, 6.45) is 3.35. The molecule has 0 atom stereocenters. The number of carbonyl (C=O) groups is 1. The third kappa shape index (κ3) is 3.73. The zero-order valence-corrected chi connectivity index (χ0v) is 14.7. The van der Waals surface area contributed by atoms with E-state index in [2.05, 4.69) is 20.7 Å². The molecule has 0 spiro atoms. The van der Waals surface area contributed by atoms with Gasteiger partial charge in [-0.15, -0.1) is 5.10 Å². The molecule has 9 nitrogen and oxygen atoms in total. The van der Waals surface area contributed by atoms with Crippen LogP contribution in [0.2, 0.25) is 0 Å². The second-order valence-electron chi connectivity index (χ2n) is 5.90. The van der Waals surface area contributed by atoms with Crippen molar-refractivity contribution in [1.82, 2.24) is 30.0 Å². The Labute approximate surface area is 159 Å². The maximum Gasteiger partial charge on any atom is 0.273 e. The Balaban J connectivity index is 1.39. The zero-order valence-electron chi connectivity index (χ0n) is 14.7. The van der Waals surface area contributed by atoms with Crippen LogP contribution in [-0.2, 0) is 6.54 Å². The van der Waals surface area contributed by atoms with Crippen molar-refractivity contribution in [3.8, 4) is 17.1 Å². The summed E-state index contributed by atoms with van der Waals surface area (Å²) in [4.78, 5) is 24.2. The molecule has 0 aliphatic carbocycles. The summed E-state index contributed by atoms with van der Waals surface area (Å²) in [7, 11) is 0. The van der Waals surface area contributed by atoms with Gasteiger partial charge in [-0.3, -0.25) is 9.59 Å². The fourth-order valence-electron chi connectivity index (χ4n) is 2.61. The molecular weight excluding hydrogens is 360 g/mol. The monoisotopic (exact) mass is 376 g/mol. The Kier molecular flexibility index (Phi) is 4.79. The van der Waals surface area contributed by atoms with E-state index < -0.39 is 0 Å². The Hall–Kier alpha value is -4.01. The minimum Gasteiger partial charge on any atom is -0.355 e. The van der Waals surface area contributed by atoms with Gasteiger partial charge in [0.25, 0.3) is 11.5 Å². The van der Waals surface area contributed by atoms with Gasteiger partial charge < -0.3 is 9.84 Å². The Morgan fingerprint density at radius 3 is 2.75 bits per heavy atom. The summed E-state index contributed by atoms with van der Waals surface area (Å²) in [5, 5.41) is 14.8. The lowest BCUT2D eigenvalue weighted by Crippen LogP contribution is -2.32. The summed E-state index contributed by atoms with van der Waals surface area (Å²) in [5.41, 5.74) is 0.739. The second-order valence-corrected chi connectivity index (χ2v) is 5.90. The molecule has 28 heavy (non-hydrogen) atoms. The van der Waals surface area contributed by atoms with E-state index in [0.29, 0.717) is 11.6 Å². The van der Waals surface area contributed by atoms with Crippen molar-refractivity contribution in [3.05, 3.63) is 83.0 Å². The lowest BCUT2D eigenvalue weighted by molar-refractivity contribution is 0.0943. The van der Waals surface area contributed by atoms with Crippen LogP contribution in [-0.4, -0.2) is 37.2 Å². The summed E-state index contributed by atoms with van der Waals surface area (Å²) in [6.45, 7) is 0.422. The zero-order chi connectivity index (χ0) is 19.3. The van der Waals surface area contributed by atoms with Crippen LogP contribution in [0.4, 0.5) is 0 Å². The molecule has 0 aliphatic heterocycles. The van der Waals surface area contributed by atoms with Gasteiger partial charge in [0, 0.05) is 36.6 Å². The van der Waals surface area contributed by atoms with Gasteiger partial charge in [0.1, 0.15) is 0 Å². The number of carbonyl (C=O) groups excluding carboxylic acids is 1. The standard InChI is InChI=1S/C19H16N6O3/c26-18-8-7-17(24-11-4-9-21-24)22-25(18)12-10-20-19(27)15-13-16(28-23-15)14-5-2-1-3-6-14/h1-9,11,13H,10,12H2,(H,20,27). The van der Waals surface area contributed by atoms with Crippen molar-refractivity contribution in [3.63, 3.8) is 0 Å². The molecule has 0 unspecified atom stereocenters. The third-order valence-corrected chi connectivity index (χ3v) is 4.00. The topological polar surface area (TPSA) is 108 Å².